The van der Waals surface area contributed by atoms with Crippen molar-refractivity contribution in [2.75, 3.05) is 13.7 Å². The van der Waals surface area contributed by atoms with Crippen molar-refractivity contribution in [2.45, 2.75) is 26.7 Å². The summed E-state index contributed by atoms with van der Waals surface area (Å²) >= 11 is 0. The van der Waals surface area contributed by atoms with E-state index in [-0.39, 0.29) is 5.84 Å². The van der Waals surface area contributed by atoms with Gasteiger partial charge in [0.15, 0.2) is 11.5 Å². The lowest BCUT2D eigenvalue weighted by Gasteiger charge is -2.16. The first-order chi connectivity index (χ1) is 8.62. The molecule has 4 heteroatoms. The van der Waals surface area contributed by atoms with Gasteiger partial charge in [0.1, 0.15) is 5.84 Å². The number of benzene rings is 1. The number of amidine groups is 1. The Hall–Kier alpha value is -1.71. The zero-order valence-electron chi connectivity index (χ0n) is 11.3. The average Bonchev–Trinajstić information content (AvgIpc) is 2.39. The maximum absolute atomic E-state index is 7.39. The molecule has 0 heterocycles. The van der Waals surface area contributed by atoms with Crippen molar-refractivity contribution in [3.63, 3.8) is 0 Å². The number of rotatable bonds is 7. The van der Waals surface area contributed by atoms with E-state index in [1.54, 1.807) is 25.3 Å². The summed E-state index contributed by atoms with van der Waals surface area (Å²) in [6.07, 6.45) is 2.20. The summed E-state index contributed by atoms with van der Waals surface area (Å²) < 4.78 is 11.0. The fraction of sp³-hybridized carbons (Fsp3) is 0.500. The lowest BCUT2D eigenvalue weighted by atomic mass is 10.1. The van der Waals surface area contributed by atoms with E-state index in [1.165, 1.54) is 0 Å². The Morgan fingerprint density at radius 1 is 1.28 bits per heavy atom. The third-order valence-corrected chi connectivity index (χ3v) is 3.10. The highest BCUT2D eigenvalue weighted by Crippen LogP contribution is 2.28. The molecule has 100 valence electrons. The largest absolute Gasteiger partial charge is 0.493 e. The van der Waals surface area contributed by atoms with E-state index in [9.17, 15) is 0 Å². The molecule has 0 saturated heterocycles. The first kappa shape index (κ1) is 14.4. The van der Waals surface area contributed by atoms with Gasteiger partial charge in [0.2, 0.25) is 0 Å². The van der Waals surface area contributed by atoms with E-state index in [2.05, 4.69) is 13.8 Å². The Morgan fingerprint density at radius 3 is 2.44 bits per heavy atom. The van der Waals surface area contributed by atoms with Crippen molar-refractivity contribution < 1.29 is 9.47 Å². The molecule has 3 N–H and O–H groups in total. The van der Waals surface area contributed by atoms with Gasteiger partial charge in [-0.2, -0.15) is 0 Å². The average molecular weight is 250 g/mol. The molecule has 1 rings (SSSR count). The molecule has 0 aliphatic rings. The van der Waals surface area contributed by atoms with Crippen LogP contribution < -0.4 is 15.2 Å². The van der Waals surface area contributed by atoms with Gasteiger partial charge in [0.25, 0.3) is 0 Å². The van der Waals surface area contributed by atoms with E-state index in [1.807, 2.05) is 0 Å². The molecule has 0 aromatic heterocycles. The summed E-state index contributed by atoms with van der Waals surface area (Å²) in [5, 5.41) is 7.39. The summed E-state index contributed by atoms with van der Waals surface area (Å²) in [7, 11) is 1.59. The number of methoxy groups -OCH3 is 1. The molecule has 0 spiro atoms. The smallest absolute Gasteiger partial charge is 0.161 e. The predicted octanol–water partition coefficient (Wildman–Crippen LogP) is 2.79. The number of hydrogen-bond donors (Lipinski definition) is 2. The number of nitrogen functional groups attached to an aromatic ring is 1. The van der Waals surface area contributed by atoms with Crippen LogP contribution in [-0.2, 0) is 0 Å². The summed E-state index contributed by atoms with van der Waals surface area (Å²) in [6, 6.07) is 5.30. The minimum absolute atomic E-state index is 0.0276. The molecule has 0 aliphatic heterocycles. The lowest BCUT2D eigenvalue weighted by Crippen LogP contribution is -2.13. The number of ether oxygens (including phenoxy) is 2. The quantitative estimate of drug-likeness (QED) is 0.577. The van der Waals surface area contributed by atoms with E-state index in [0.717, 1.165) is 12.8 Å². The SMILES string of the molecule is CCC(CC)COc1ccc(C(=N)N)cc1OC. The standard InChI is InChI=1S/C14H22N2O2/c1-4-10(5-2)9-18-12-7-6-11(14(15)16)8-13(12)17-3/h6-8,10H,4-5,9H2,1-3H3,(H3,15,16). The highest BCUT2D eigenvalue weighted by molar-refractivity contribution is 5.95. The summed E-state index contributed by atoms with van der Waals surface area (Å²) in [5.41, 5.74) is 6.08. The highest BCUT2D eigenvalue weighted by Gasteiger charge is 2.10. The van der Waals surface area contributed by atoms with Crippen LogP contribution in [0, 0.1) is 11.3 Å². The fourth-order valence-electron chi connectivity index (χ4n) is 1.69. The summed E-state index contributed by atoms with van der Waals surface area (Å²) in [5.74, 6) is 1.91. The maximum Gasteiger partial charge on any atom is 0.161 e. The topological polar surface area (TPSA) is 68.3 Å². The molecule has 0 bridgehead atoms. The molecule has 0 radical (unpaired) electrons. The molecule has 0 saturated carbocycles. The molecule has 0 atom stereocenters. The van der Waals surface area contributed by atoms with Crippen molar-refractivity contribution >= 4 is 5.84 Å². The van der Waals surface area contributed by atoms with Gasteiger partial charge >= 0.3 is 0 Å². The van der Waals surface area contributed by atoms with Crippen LogP contribution in [0.1, 0.15) is 32.3 Å². The molecule has 0 amide bonds. The summed E-state index contributed by atoms with van der Waals surface area (Å²) in [4.78, 5) is 0. The van der Waals surface area contributed by atoms with Gasteiger partial charge in [0, 0.05) is 5.56 Å². The molecule has 1 aromatic rings. The van der Waals surface area contributed by atoms with Crippen LogP contribution in [0.3, 0.4) is 0 Å². The second kappa shape index (κ2) is 6.89. The number of nitrogens with one attached hydrogen (secondary N) is 1. The molecular formula is C14H22N2O2. The molecule has 0 aliphatic carbocycles. The van der Waals surface area contributed by atoms with Gasteiger partial charge in [-0.05, 0) is 24.1 Å². The Labute approximate surface area is 109 Å². The third-order valence-electron chi connectivity index (χ3n) is 3.10. The minimum Gasteiger partial charge on any atom is -0.493 e. The zero-order valence-corrected chi connectivity index (χ0v) is 11.3. The van der Waals surface area contributed by atoms with Gasteiger partial charge in [0.05, 0.1) is 13.7 Å². The van der Waals surface area contributed by atoms with Crippen molar-refractivity contribution in [1.29, 1.82) is 5.41 Å². The van der Waals surface area contributed by atoms with Gasteiger partial charge in [-0.15, -0.1) is 0 Å². The first-order valence-corrected chi connectivity index (χ1v) is 6.27. The number of hydrogen-bond acceptors (Lipinski definition) is 3. The third kappa shape index (κ3) is 3.65. The van der Waals surface area contributed by atoms with Gasteiger partial charge in [-0.25, -0.2) is 0 Å². The van der Waals surface area contributed by atoms with E-state index in [0.29, 0.717) is 29.6 Å². The van der Waals surface area contributed by atoms with E-state index < -0.39 is 0 Å². The van der Waals surface area contributed by atoms with Gasteiger partial charge in [-0.1, -0.05) is 26.7 Å². The maximum atomic E-state index is 7.39. The Kier molecular flexibility index (Phi) is 5.49. The molecule has 0 unspecified atom stereocenters. The highest BCUT2D eigenvalue weighted by atomic mass is 16.5. The monoisotopic (exact) mass is 250 g/mol. The van der Waals surface area contributed by atoms with Crippen LogP contribution in [0.2, 0.25) is 0 Å². The molecular weight excluding hydrogens is 228 g/mol. The van der Waals surface area contributed by atoms with Crippen molar-refractivity contribution in [1.82, 2.24) is 0 Å². The van der Waals surface area contributed by atoms with Gasteiger partial charge < -0.3 is 15.2 Å². The normalized spacial score (nSPS) is 10.4. The fourth-order valence-corrected chi connectivity index (χ4v) is 1.69. The minimum atomic E-state index is 0.0276. The summed E-state index contributed by atoms with van der Waals surface area (Å²) in [6.45, 7) is 5.00. The van der Waals surface area contributed by atoms with Crippen LogP contribution in [0.25, 0.3) is 0 Å². The van der Waals surface area contributed by atoms with Crippen molar-refractivity contribution in [3.8, 4) is 11.5 Å². The van der Waals surface area contributed by atoms with Crippen molar-refractivity contribution in [2.24, 2.45) is 11.7 Å². The van der Waals surface area contributed by atoms with Crippen LogP contribution >= 0.6 is 0 Å². The Balaban J connectivity index is 2.79. The van der Waals surface area contributed by atoms with E-state index in [4.69, 9.17) is 20.6 Å². The lowest BCUT2D eigenvalue weighted by molar-refractivity contribution is 0.230. The molecule has 4 nitrogen and oxygen atoms in total. The van der Waals surface area contributed by atoms with Crippen molar-refractivity contribution in [3.05, 3.63) is 23.8 Å². The second-order valence-corrected chi connectivity index (χ2v) is 4.27. The Bertz CT molecular complexity index is 401. The molecule has 0 fully saturated rings. The van der Waals surface area contributed by atoms with E-state index >= 15 is 0 Å². The van der Waals surface area contributed by atoms with Crippen LogP contribution in [0.5, 0.6) is 11.5 Å². The first-order valence-electron chi connectivity index (χ1n) is 6.27. The van der Waals surface area contributed by atoms with Gasteiger partial charge in [-0.3, -0.25) is 5.41 Å². The van der Waals surface area contributed by atoms with Crippen LogP contribution in [0.4, 0.5) is 0 Å². The Morgan fingerprint density at radius 2 is 1.94 bits per heavy atom. The van der Waals surface area contributed by atoms with Crippen LogP contribution in [0.15, 0.2) is 18.2 Å². The van der Waals surface area contributed by atoms with Crippen LogP contribution in [-0.4, -0.2) is 19.6 Å². The number of nitrogens with two attached hydrogens (primary N) is 1. The predicted molar refractivity (Wildman–Crippen MR) is 73.6 cm³/mol. The second-order valence-electron chi connectivity index (χ2n) is 4.27. The zero-order chi connectivity index (χ0) is 13.5. The molecule has 1 aromatic carbocycles. The molecule has 18 heavy (non-hydrogen) atoms.